The molecule has 4 nitrogen and oxygen atoms in total. The van der Waals surface area contributed by atoms with Gasteiger partial charge in [-0.15, -0.1) is 0 Å². The van der Waals surface area contributed by atoms with Crippen LogP contribution in [0.2, 0.25) is 0 Å². The number of aldehydes is 1. The van der Waals surface area contributed by atoms with E-state index >= 15 is 0 Å². The van der Waals surface area contributed by atoms with E-state index in [1.54, 1.807) is 12.1 Å². The summed E-state index contributed by atoms with van der Waals surface area (Å²) in [7, 11) is 1.83. The van der Waals surface area contributed by atoms with Crippen molar-refractivity contribution in [2.45, 2.75) is 19.4 Å². The normalized spacial score (nSPS) is 11.8. The van der Waals surface area contributed by atoms with Gasteiger partial charge >= 0.3 is 0 Å². The van der Waals surface area contributed by atoms with Gasteiger partial charge in [-0.25, -0.2) is 0 Å². The van der Waals surface area contributed by atoms with Crippen molar-refractivity contribution >= 4 is 12.2 Å². The van der Waals surface area contributed by atoms with Gasteiger partial charge in [0.1, 0.15) is 0 Å². The molecule has 0 aliphatic rings. The number of nitrogens with zero attached hydrogens (tertiary/aromatic N) is 2. The minimum atomic E-state index is 0.0747. The Bertz CT molecular complexity index is 351. The van der Waals surface area contributed by atoms with Crippen LogP contribution in [0.15, 0.2) is 16.5 Å². The van der Waals surface area contributed by atoms with E-state index in [9.17, 15) is 4.79 Å². The molecule has 1 aromatic heterocycles. The lowest BCUT2D eigenvalue weighted by Crippen LogP contribution is -2.27. The van der Waals surface area contributed by atoms with Gasteiger partial charge in [-0.1, -0.05) is 0 Å². The van der Waals surface area contributed by atoms with Crippen molar-refractivity contribution in [1.29, 1.82) is 5.26 Å². The molecule has 1 unspecified atom stereocenters. The van der Waals surface area contributed by atoms with Crippen LogP contribution in [0.3, 0.4) is 0 Å². The van der Waals surface area contributed by atoms with Crippen molar-refractivity contribution < 1.29 is 9.21 Å². The molecule has 0 aliphatic carbocycles. The van der Waals surface area contributed by atoms with Gasteiger partial charge in [0, 0.05) is 19.2 Å². The van der Waals surface area contributed by atoms with Crippen LogP contribution in [0.25, 0.3) is 0 Å². The second kappa shape index (κ2) is 4.47. The third-order valence-corrected chi connectivity index (χ3v) is 2.12. The smallest absolute Gasteiger partial charge is 0.196 e. The van der Waals surface area contributed by atoms with E-state index in [0.29, 0.717) is 24.4 Å². The SMILES string of the molecule is CC(CC#N)N(C)c1ccc(C=O)o1. The maximum Gasteiger partial charge on any atom is 0.196 e. The predicted molar refractivity (Wildman–Crippen MR) is 52.2 cm³/mol. The van der Waals surface area contributed by atoms with Gasteiger partial charge in [0.05, 0.1) is 12.5 Å². The molecule has 0 fully saturated rings. The van der Waals surface area contributed by atoms with E-state index in [0.717, 1.165) is 0 Å². The average Bonchev–Trinajstić information content (AvgIpc) is 2.65. The Balaban J connectivity index is 2.73. The number of rotatable bonds is 4. The van der Waals surface area contributed by atoms with Gasteiger partial charge in [-0.05, 0) is 13.0 Å². The lowest BCUT2D eigenvalue weighted by Gasteiger charge is -2.21. The summed E-state index contributed by atoms with van der Waals surface area (Å²) in [5.74, 6) is 0.908. The number of hydrogen-bond donors (Lipinski definition) is 0. The molecular formula is C10H12N2O2. The summed E-state index contributed by atoms with van der Waals surface area (Å²) in [6, 6.07) is 5.49. The number of anilines is 1. The first-order valence-corrected chi connectivity index (χ1v) is 4.34. The number of carbonyl (C=O) groups excluding carboxylic acids is 1. The van der Waals surface area contributed by atoms with Crippen molar-refractivity contribution in [3.05, 3.63) is 17.9 Å². The maximum atomic E-state index is 10.4. The number of carbonyl (C=O) groups is 1. The molecule has 0 spiro atoms. The van der Waals surface area contributed by atoms with Gasteiger partial charge in [0.25, 0.3) is 0 Å². The minimum Gasteiger partial charge on any atom is -0.438 e. The van der Waals surface area contributed by atoms with Gasteiger partial charge in [-0.2, -0.15) is 5.26 Å². The Morgan fingerprint density at radius 3 is 2.93 bits per heavy atom. The summed E-state index contributed by atoms with van der Waals surface area (Å²) < 4.78 is 5.21. The van der Waals surface area contributed by atoms with Crippen molar-refractivity contribution in [3.8, 4) is 6.07 Å². The van der Waals surface area contributed by atoms with Crippen molar-refractivity contribution in [2.75, 3.05) is 11.9 Å². The van der Waals surface area contributed by atoms with Crippen LogP contribution in [0.4, 0.5) is 5.88 Å². The molecule has 0 radical (unpaired) electrons. The van der Waals surface area contributed by atoms with Crippen LogP contribution in [0.5, 0.6) is 0 Å². The monoisotopic (exact) mass is 192 g/mol. The summed E-state index contributed by atoms with van der Waals surface area (Å²) >= 11 is 0. The fraction of sp³-hybridized carbons (Fsp3) is 0.400. The Hall–Kier alpha value is -1.76. The average molecular weight is 192 g/mol. The van der Waals surface area contributed by atoms with Crippen LogP contribution in [-0.2, 0) is 0 Å². The van der Waals surface area contributed by atoms with Gasteiger partial charge in [0.15, 0.2) is 17.9 Å². The summed E-state index contributed by atoms with van der Waals surface area (Å²) in [6.07, 6.45) is 1.08. The number of nitriles is 1. The first-order valence-electron chi connectivity index (χ1n) is 4.34. The summed E-state index contributed by atoms with van der Waals surface area (Å²) in [4.78, 5) is 12.2. The summed E-state index contributed by atoms with van der Waals surface area (Å²) in [6.45, 7) is 1.92. The first kappa shape index (κ1) is 10.3. The van der Waals surface area contributed by atoms with E-state index < -0.39 is 0 Å². The molecule has 4 heteroatoms. The van der Waals surface area contributed by atoms with Crippen molar-refractivity contribution in [2.24, 2.45) is 0 Å². The van der Waals surface area contributed by atoms with Crippen LogP contribution in [0, 0.1) is 11.3 Å². The van der Waals surface area contributed by atoms with Crippen LogP contribution in [-0.4, -0.2) is 19.4 Å². The van der Waals surface area contributed by atoms with Crippen LogP contribution >= 0.6 is 0 Å². The molecule has 0 saturated heterocycles. The topological polar surface area (TPSA) is 57.2 Å². The molecule has 0 aromatic carbocycles. The molecule has 0 aliphatic heterocycles. The highest BCUT2D eigenvalue weighted by atomic mass is 16.4. The van der Waals surface area contributed by atoms with Crippen LogP contribution < -0.4 is 4.90 Å². The number of furan rings is 1. The highest BCUT2D eigenvalue weighted by molar-refractivity contribution is 5.71. The molecule has 1 atom stereocenters. The number of hydrogen-bond acceptors (Lipinski definition) is 4. The van der Waals surface area contributed by atoms with E-state index in [2.05, 4.69) is 6.07 Å². The summed E-state index contributed by atoms with van der Waals surface area (Å²) in [5.41, 5.74) is 0. The molecule has 0 N–H and O–H groups in total. The molecule has 14 heavy (non-hydrogen) atoms. The highest BCUT2D eigenvalue weighted by Crippen LogP contribution is 2.18. The minimum absolute atomic E-state index is 0.0747. The lowest BCUT2D eigenvalue weighted by atomic mass is 10.2. The van der Waals surface area contributed by atoms with Gasteiger partial charge in [-0.3, -0.25) is 4.79 Å². The Kier molecular flexibility index (Phi) is 3.29. The Morgan fingerprint density at radius 2 is 2.43 bits per heavy atom. The molecule has 0 saturated carbocycles. The summed E-state index contributed by atoms with van der Waals surface area (Å²) in [5, 5.41) is 8.52. The third kappa shape index (κ3) is 2.13. The third-order valence-electron chi connectivity index (χ3n) is 2.12. The molecule has 1 aromatic rings. The fourth-order valence-electron chi connectivity index (χ4n) is 1.08. The highest BCUT2D eigenvalue weighted by Gasteiger charge is 2.12. The Morgan fingerprint density at radius 1 is 1.71 bits per heavy atom. The molecule has 0 bridgehead atoms. The lowest BCUT2D eigenvalue weighted by molar-refractivity contribution is 0.110. The van der Waals surface area contributed by atoms with Crippen molar-refractivity contribution in [3.63, 3.8) is 0 Å². The second-order valence-electron chi connectivity index (χ2n) is 3.12. The molecule has 0 amide bonds. The van der Waals surface area contributed by atoms with E-state index in [1.807, 2.05) is 18.9 Å². The second-order valence-corrected chi connectivity index (χ2v) is 3.12. The maximum absolute atomic E-state index is 10.4. The van der Waals surface area contributed by atoms with E-state index in [4.69, 9.17) is 9.68 Å². The molecule has 1 rings (SSSR count). The quantitative estimate of drug-likeness (QED) is 0.683. The molecule has 1 heterocycles. The van der Waals surface area contributed by atoms with Crippen molar-refractivity contribution in [1.82, 2.24) is 0 Å². The standard InChI is InChI=1S/C10H12N2O2/c1-8(5-6-11)12(2)10-4-3-9(7-13)14-10/h3-4,7-8H,5H2,1-2H3. The zero-order valence-electron chi connectivity index (χ0n) is 8.23. The van der Waals surface area contributed by atoms with Crippen LogP contribution in [0.1, 0.15) is 23.9 Å². The van der Waals surface area contributed by atoms with E-state index in [-0.39, 0.29) is 6.04 Å². The zero-order chi connectivity index (χ0) is 10.6. The molecular weight excluding hydrogens is 180 g/mol. The Labute approximate surface area is 82.7 Å². The van der Waals surface area contributed by atoms with Gasteiger partial charge in [0.2, 0.25) is 0 Å². The van der Waals surface area contributed by atoms with E-state index in [1.165, 1.54) is 0 Å². The predicted octanol–water partition coefficient (Wildman–Crippen LogP) is 1.83. The largest absolute Gasteiger partial charge is 0.438 e. The molecule has 74 valence electrons. The van der Waals surface area contributed by atoms with Gasteiger partial charge < -0.3 is 9.32 Å². The first-order chi connectivity index (χ1) is 6.69. The zero-order valence-corrected chi connectivity index (χ0v) is 8.23. The fourth-order valence-corrected chi connectivity index (χ4v) is 1.08.